The molecule has 0 aromatic carbocycles. The van der Waals surface area contributed by atoms with E-state index in [1.807, 2.05) is 6.26 Å². The van der Waals surface area contributed by atoms with E-state index in [4.69, 9.17) is 5.11 Å². The molecule has 0 unspecified atom stereocenters. The summed E-state index contributed by atoms with van der Waals surface area (Å²) in [5.41, 5.74) is 1.24. The fraction of sp³-hybridized carbons (Fsp3) is 0.556. The van der Waals surface area contributed by atoms with Gasteiger partial charge in [-0.05, 0) is 6.26 Å². The van der Waals surface area contributed by atoms with Crippen molar-refractivity contribution in [2.24, 2.45) is 0 Å². The van der Waals surface area contributed by atoms with Crippen LogP contribution in [0.15, 0.2) is 6.33 Å². The van der Waals surface area contributed by atoms with Crippen molar-refractivity contribution in [3.8, 4) is 0 Å². The van der Waals surface area contributed by atoms with Crippen LogP contribution in [0.4, 0.5) is 0 Å². The van der Waals surface area contributed by atoms with E-state index in [2.05, 4.69) is 0 Å². The van der Waals surface area contributed by atoms with E-state index >= 15 is 0 Å². The quantitative estimate of drug-likeness (QED) is 0.611. The van der Waals surface area contributed by atoms with Crippen molar-refractivity contribution in [3.05, 3.63) is 22.9 Å². The highest BCUT2D eigenvalue weighted by molar-refractivity contribution is 7.98. The van der Waals surface area contributed by atoms with Gasteiger partial charge in [-0.15, -0.1) is 0 Å². The Bertz CT molecular complexity index is 376. The van der Waals surface area contributed by atoms with E-state index in [9.17, 15) is 10.0 Å². The predicted molar refractivity (Wildman–Crippen MR) is 57.9 cm³/mol. The van der Waals surface area contributed by atoms with Crippen LogP contribution in [-0.2, 0) is 4.79 Å². The van der Waals surface area contributed by atoms with Gasteiger partial charge in [-0.1, -0.05) is 0 Å². The van der Waals surface area contributed by atoms with Crippen LogP contribution in [0.5, 0.6) is 0 Å². The van der Waals surface area contributed by atoms with Gasteiger partial charge >= 0.3 is 5.97 Å². The average molecular weight is 230 g/mol. The summed E-state index contributed by atoms with van der Waals surface area (Å²) in [6.45, 7) is 3.43. The Morgan fingerprint density at radius 2 is 2.33 bits per heavy atom. The number of carboxylic acids is 1. The zero-order chi connectivity index (χ0) is 11.6. The minimum atomic E-state index is -0.914. The summed E-state index contributed by atoms with van der Waals surface area (Å²) in [4.78, 5) is 11.0. The molecule has 6 heteroatoms. The molecule has 0 aliphatic carbocycles. The Kier molecular flexibility index (Phi) is 3.62. The molecule has 84 valence electrons. The third-order valence-corrected chi connectivity index (χ3v) is 3.07. The molecule has 0 fully saturated rings. The van der Waals surface area contributed by atoms with Gasteiger partial charge in [0.05, 0.1) is 0 Å². The lowest BCUT2D eigenvalue weighted by molar-refractivity contribution is -0.611. The Morgan fingerprint density at radius 3 is 2.67 bits per heavy atom. The molecular formula is C9H14N2O3S. The molecule has 0 radical (unpaired) electrons. The summed E-state index contributed by atoms with van der Waals surface area (Å²) in [7, 11) is 0. The number of rotatable bonds is 4. The first kappa shape index (κ1) is 11.9. The summed E-state index contributed by atoms with van der Waals surface area (Å²) in [6.07, 6.45) is 3.13. The number of hydrogen-bond acceptors (Lipinski definition) is 3. The van der Waals surface area contributed by atoms with Crippen molar-refractivity contribution in [1.29, 1.82) is 0 Å². The van der Waals surface area contributed by atoms with Crippen molar-refractivity contribution in [2.75, 3.05) is 12.0 Å². The Labute approximate surface area is 92.3 Å². The number of nitrogens with zero attached hydrogens (tertiary/aromatic N) is 2. The van der Waals surface area contributed by atoms with Crippen molar-refractivity contribution in [3.63, 3.8) is 0 Å². The second-order valence-corrected chi connectivity index (χ2v) is 4.24. The molecule has 1 N–H and O–H groups in total. The van der Waals surface area contributed by atoms with E-state index < -0.39 is 12.0 Å². The highest BCUT2D eigenvalue weighted by Gasteiger charge is 2.27. The van der Waals surface area contributed by atoms with E-state index in [0.29, 0.717) is 21.9 Å². The fourth-order valence-corrected chi connectivity index (χ4v) is 1.99. The van der Waals surface area contributed by atoms with Gasteiger partial charge in [0.1, 0.15) is 11.4 Å². The molecule has 1 aromatic heterocycles. The topological polar surface area (TPSA) is 69.2 Å². The second kappa shape index (κ2) is 4.57. The molecule has 0 spiro atoms. The second-order valence-electron chi connectivity index (χ2n) is 3.33. The van der Waals surface area contributed by atoms with Gasteiger partial charge < -0.3 is 10.3 Å². The summed E-state index contributed by atoms with van der Waals surface area (Å²) in [5.74, 6) is -0.465. The van der Waals surface area contributed by atoms with Crippen LogP contribution in [0.2, 0.25) is 0 Å². The largest absolute Gasteiger partial charge is 0.711 e. The van der Waals surface area contributed by atoms with Crippen LogP contribution in [0, 0.1) is 19.1 Å². The van der Waals surface area contributed by atoms with Crippen molar-refractivity contribution < 1.29 is 14.6 Å². The molecule has 0 saturated carbocycles. The van der Waals surface area contributed by atoms with Gasteiger partial charge in [-0.3, -0.25) is 0 Å². The molecule has 1 atom stereocenters. The Balaban J connectivity index is 3.11. The molecule has 0 aliphatic rings. The van der Waals surface area contributed by atoms with Gasteiger partial charge in [0.2, 0.25) is 12.4 Å². The number of hydrogen-bond donors (Lipinski definition) is 1. The van der Waals surface area contributed by atoms with Crippen molar-refractivity contribution >= 4 is 17.7 Å². The lowest BCUT2D eigenvalue weighted by Crippen LogP contribution is -2.27. The van der Waals surface area contributed by atoms with Gasteiger partial charge in [0.25, 0.3) is 0 Å². The average Bonchev–Trinajstić information content (AvgIpc) is 2.42. The van der Waals surface area contributed by atoms with Crippen molar-refractivity contribution in [2.45, 2.75) is 19.9 Å². The van der Waals surface area contributed by atoms with Crippen LogP contribution >= 0.6 is 11.8 Å². The highest BCUT2D eigenvalue weighted by Crippen LogP contribution is 2.16. The van der Waals surface area contributed by atoms with Crippen LogP contribution in [0.25, 0.3) is 0 Å². The molecule has 0 bridgehead atoms. The van der Waals surface area contributed by atoms with Gasteiger partial charge in [0.15, 0.2) is 0 Å². The molecule has 1 aromatic rings. The smallest absolute Gasteiger partial charge is 0.350 e. The zero-order valence-electron chi connectivity index (χ0n) is 8.93. The fourth-order valence-electron chi connectivity index (χ4n) is 1.38. The number of aromatic nitrogens is 2. The molecule has 1 heterocycles. The molecule has 1 rings (SSSR count). The highest BCUT2D eigenvalue weighted by atomic mass is 32.2. The van der Waals surface area contributed by atoms with Crippen LogP contribution in [0.3, 0.4) is 0 Å². The standard InChI is InChI=1S/C9H14N2O3S/c1-6-7(2)11(14)5-10(6)8(4-15-3)9(12)13/h5,8H,4H2,1-3H3,(H,12,13)/t8-/m0/s1. The summed E-state index contributed by atoms with van der Waals surface area (Å²) in [6, 6.07) is -0.672. The normalized spacial score (nSPS) is 12.7. The van der Waals surface area contributed by atoms with Crippen LogP contribution in [0.1, 0.15) is 17.4 Å². The summed E-state index contributed by atoms with van der Waals surface area (Å²) in [5, 5.41) is 20.3. The van der Waals surface area contributed by atoms with Gasteiger partial charge in [-0.25, -0.2) is 14.1 Å². The van der Waals surface area contributed by atoms with Gasteiger partial charge in [-0.2, -0.15) is 11.8 Å². The molecule has 0 aliphatic heterocycles. The monoisotopic (exact) mass is 230 g/mol. The maximum absolute atomic E-state index is 11.3. The van der Waals surface area contributed by atoms with E-state index in [0.717, 1.165) is 0 Å². The van der Waals surface area contributed by atoms with E-state index in [1.165, 1.54) is 22.7 Å². The van der Waals surface area contributed by atoms with Crippen molar-refractivity contribution in [1.82, 2.24) is 4.57 Å². The predicted octanol–water partition coefficient (Wildman–Crippen LogP) is 0.727. The minimum absolute atomic E-state index is 0.449. The maximum atomic E-state index is 11.3. The Morgan fingerprint density at radius 1 is 1.73 bits per heavy atom. The molecule has 15 heavy (non-hydrogen) atoms. The third-order valence-electron chi connectivity index (χ3n) is 2.42. The lowest BCUT2D eigenvalue weighted by atomic mass is 10.3. The van der Waals surface area contributed by atoms with Crippen LogP contribution < -0.4 is 4.73 Å². The van der Waals surface area contributed by atoms with Crippen LogP contribution in [-0.4, -0.2) is 27.7 Å². The number of carboxylic acid groups (broad SMARTS) is 1. The summed E-state index contributed by atoms with van der Waals surface area (Å²) < 4.78 is 2.22. The molecule has 5 nitrogen and oxygen atoms in total. The van der Waals surface area contributed by atoms with E-state index in [1.54, 1.807) is 13.8 Å². The van der Waals surface area contributed by atoms with E-state index in [-0.39, 0.29) is 0 Å². The first-order valence-corrected chi connectivity index (χ1v) is 5.87. The first-order chi connectivity index (χ1) is 6.99. The number of imidazole rings is 1. The maximum Gasteiger partial charge on any atom is 0.350 e. The summed E-state index contributed by atoms with van der Waals surface area (Å²) >= 11 is 1.44. The first-order valence-electron chi connectivity index (χ1n) is 4.48. The lowest BCUT2D eigenvalue weighted by Gasteiger charge is -2.08. The zero-order valence-corrected chi connectivity index (χ0v) is 9.74. The Hall–Kier alpha value is -1.17. The van der Waals surface area contributed by atoms with Gasteiger partial charge in [0, 0.05) is 19.6 Å². The SMILES string of the molecule is CSC[C@@H](C(=O)O)n1c[n+]([O-])c(C)c1C. The minimum Gasteiger partial charge on any atom is -0.711 e. The molecular weight excluding hydrogens is 216 g/mol. The number of thioether (sulfide) groups is 1. The number of carbonyl (C=O) groups is 1. The third kappa shape index (κ3) is 2.26. The molecule has 0 saturated heterocycles. The number of aliphatic carboxylic acids is 1. The molecule has 0 amide bonds.